The third-order valence-corrected chi connectivity index (χ3v) is 4.71. The van der Waals surface area contributed by atoms with Crippen molar-refractivity contribution in [2.75, 3.05) is 13.1 Å². The molecule has 2 aliphatic heterocycles. The first-order valence-corrected chi connectivity index (χ1v) is 7.98. The van der Waals surface area contributed by atoms with Crippen LogP contribution < -0.4 is 10.1 Å². The summed E-state index contributed by atoms with van der Waals surface area (Å²) in [6.07, 6.45) is 2.71. The molecular weight excluding hydrogens is 323 g/mol. The Morgan fingerprint density at radius 3 is 2.82 bits per heavy atom. The van der Waals surface area contributed by atoms with E-state index >= 15 is 0 Å². The van der Waals surface area contributed by atoms with Crippen molar-refractivity contribution >= 4 is 29.9 Å². The molecule has 2 saturated heterocycles. The number of nitrogens with zero attached hydrogens (tertiary/aromatic N) is 1. The van der Waals surface area contributed by atoms with Gasteiger partial charge in [-0.25, -0.2) is 0 Å². The summed E-state index contributed by atoms with van der Waals surface area (Å²) in [4.78, 5) is 14.8. The molecule has 1 aromatic carbocycles. The molecule has 3 unspecified atom stereocenters. The molecule has 1 N–H and O–H groups in total. The van der Waals surface area contributed by atoms with Crippen LogP contribution in [0.2, 0.25) is 5.02 Å². The second-order valence-corrected chi connectivity index (χ2v) is 6.22. The van der Waals surface area contributed by atoms with Crippen molar-refractivity contribution in [3.8, 4) is 5.75 Å². The number of hydrogen-bond donors (Lipinski definition) is 1. The Labute approximate surface area is 142 Å². The number of benzene rings is 1. The van der Waals surface area contributed by atoms with E-state index in [0.29, 0.717) is 22.9 Å². The number of carbonyl (C=O) groups excluding carboxylic acids is 1. The molecule has 0 aromatic heterocycles. The summed E-state index contributed by atoms with van der Waals surface area (Å²) in [6, 6.07) is 7.94. The molecule has 122 valence electrons. The van der Waals surface area contributed by atoms with Gasteiger partial charge in [0.15, 0.2) is 6.10 Å². The Kier molecular flexibility index (Phi) is 5.95. The molecule has 6 heteroatoms. The lowest BCUT2D eigenvalue weighted by Crippen LogP contribution is -2.48. The van der Waals surface area contributed by atoms with Crippen LogP contribution in [0.25, 0.3) is 0 Å². The summed E-state index contributed by atoms with van der Waals surface area (Å²) in [5.41, 5.74) is 0. The lowest BCUT2D eigenvalue weighted by atomic mass is 10.1. The van der Waals surface area contributed by atoms with Gasteiger partial charge in [0.2, 0.25) is 0 Å². The molecule has 2 bridgehead atoms. The maximum absolute atomic E-state index is 12.8. The van der Waals surface area contributed by atoms with Gasteiger partial charge in [0.1, 0.15) is 5.75 Å². The number of rotatable bonds is 3. The average Bonchev–Trinajstić information content (AvgIpc) is 2.73. The Bertz CT molecular complexity index is 513. The van der Waals surface area contributed by atoms with Crippen LogP contribution in [0.4, 0.5) is 0 Å². The van der Waals surface area contributed by atoms with Gasteiger partial charge in [-0.1, -0.05) is 23.7 Å². The highest BCUT2D eigenvalue weighted by Gasteiger charge is 2.40. The minimum atomic E-state index is -0.508. The van der Waals surface area contributed by atoms with Crippen LogP contribution in [-0.4, -0.2) is 42.1 Å². The molecule has 2 fully saturated rings. The number of para-hydroxylation sites is 1. The van der Waals surface area contributed by atoms with E-state index in [1.54, 1.807) is 12.1 Å². The quantitative estimate of drug-likeness (QED) is 0.916. The molecule has 2 heterocycles. The van der Waals surface area contributed by atoms with Crippen LogP contribution >= 0.6 is 24.0 Å². The van der Waals surface area contributed by atoms with Crippen molar-refractivity contribution in [2.45, 2.75) is 44.4 Å². The van der Waals surface area contributed by atoms with Crippen molar-refractivity contribution in [3.05, 3.63) is 29.3 Å². The summed E-state index contributed by atoms with van der Waals surface area (Å²) in [5.74, 6) is 0.645. The fraction of sp³-hybridized carbons (Fsp3) is 0.562. The van der Waals surface area contributed by atoms with Gasteiger partial charge in [-0.2, -0.15) is 0 Å². The normalized spacial score (nSPS) is 25.1. The largest absolute Gasteiger partial charge is 0.479 e. The molecule has 2 aliphatic rings. The zero-order valence-electron chi connectivity index (χ0n) is 12.6. The van der Waals surface area contributed by atoms with Crippen LogP contribution in [-0.2, 0) is 4.79 Å². The molecule has 4 nitrogen and oxygen atoms in total. The molecule has 22 heavy (non-hydrogen) atoms. The van der Waals surface area contributed by atoms with E-state index in [1.165, 1.54) is 0 Å². The van der Waals surface area contributed by atoms with Crippen molar-refractivity contribution in [2.24, 2.45) is 0 Å². The van der Waals surface area contributed by atoms with E-state index in [2.05, 4.69) is 5.32 Å². The fourth-order valence-corrected chi connectivity index (χ4v) is 3.51. The number of hydrogen-bond acceptors (Lipinski definition) is 3. The van der Waals surface area contributed by atoms with E-state index in [1.807, 2.05) is 24.0 Å². The molecule has 0 aliphatic carbocycles. The van der Waals surface area contributed by atoms with Crippen LogP contribution in [0.15, 0.2) is 24.3 Å². The highest BCUT2D eigenvalue weighted by atomic mass is 35.5. The van der Waals surface area contributed by atoms with Crippen molar-refractivity contribution in [3.63, 3.8) is 0 Å². The second-order valence-electron chi connectivity index (χ2n) is 5.81. The first-order valence-electron chi connectivity index (χ1n) is 7.61. The van der Waals surface area contributed by atoms with Gasteiger partial charge in [-0.15, -0.1) is 12.4 Å². The van der Waals surface area contributed by atoms with Gasteiger partial charge >= 0.3 is 0 Å². The van der Waals surface area contributed by atoms with Gasteiger partial charge in [-0.3, -0.25) is 4.79 Å². The van der Waals surface area contributed by atoms with Gasteiger partial charge in [0.05, 0.1) is 5.02 Å². The Balaban J connectivity index is 0.00000176. The minimum absolute atomic E-state index is 0. The summed E-state index contributed by atoms with van der Waals surface area (Å²) in [7, 11) is 0. The highest BCUT2D eigenvalue weighted by molar-refractivity contribution is 6.32. The summed E-state index contributed by atoms with van der Waals surface area (Å²) < 4.78 is 5.78. The van der Waals surface area contributed by atoms with Crippen LogP contribution in [0.1, 0.15) is 26.2 Å². The van der Waals surface area contributed by atoms with Crippen molar-refractivity contribution in [1.29, 1.82) is 0 Å². The standard InChI is InChI=1S/C16H21ClN2O2.ClH/c1-11(21-15-5-3-2-4-14(15)17)16(20)19-12-6-7-13(19)10-18-9-8-12;/h2-5,11-13,18H,6-10H2,1H3;1H. The molecule has 3 atom stereocenters. The zero-order valence-corrected chi connectivity index (χ0v) is 14.2. The topological polar surface area (TPSA) is 41.6 Å². The van der Waals surface area contributed by atoms with E-state index in [4.69, 9.17) is 16.3 Å². The van der Waals surface area contributed by atoms with E-state index in [9.17, 15) is 4.79 Å². The van der Waals surface area contributed by atoms with Gasteiger partial charge < -0.3 is 15.0 Å². The molecular formula is C16H22Cl2N2O2. The Hall–Kier alpha value is -0.970. The van der Waals surface area contributed by atoms with Gasteiger partial charge in [0.25, 0.3) is 5.91 Å². The van der Waals surface area contributed by atoms with Crippen molar-refractivity contribution in [1.82, 2.24) is 10.2 Å². The lowest BCUT2D eigenvalue weighted by molar-refractivity contribution is -0.140. The molecule has 0 radical (unpaired) electrons. The number of ether oxygens (including phenoxy) is 1. The Morgan fingerprint density at radius 1 is 1.32 bits per heavy atom. The first kappa shape index (κ1) is 17.4. The highest BCUT2D eigenvalue weighted by Crippen LogP contribution is 2.30. The predicted molar refractivity (Wildman–Crippen MR) is 89.9 cm³/mol. The summed E-state index contributed by atoms with van der Waals surface area (Å²) in [6.45, 7) is 3.69. The lowest BCUT2D eigenvalue weighted by Gasteiger charge is -2.30. The fourth-order valence-electron chi connectivity index (χ4n) is 3.33. The number of amides is 1. The molecule has 3 rings (SSSR count). The first-order chi connectivity index (χ1) is 10.2. The summed E-state index contributed by atoms with van der Waals surface area (Å²) in [5, 5.41) is 3.94. The number of carbonyl (C=O) groups is 1. The predicted octanol–water partition coefficient (Wildman–Crippen LogP) is 2.88. The van der Waals surface area contributed by atoms with Crippen LogP contribution in [0, 0.1) is 0 Å². The minimum Gasteiger partial charge on any atom is -0.479 e. The monoisotopic (exact) mass is 344 g/mol. The van der Waals surface area contributed by atoms with E-state index < -0.39 is 6.10 Å². The molecule has 0 saturated carbocycles. The van der Waals surface area contributed by atoms with E-state index in [-0.39, 0.29) is 18.3 Å². The smallest absolute Gasteiger partial charge is 0.263 e. The average molecular weight is 345 g/mol. The second kappa shape index (κ2) is 7.53. The van der Waals surface area contributed by atoms with Gasteiger partial charge in [-0.05, 0) is 44.9 Å². The van der Waals surface area contributed by atoms with E-state index in [0.717, 1.165) is 32.4 Å². The molecule has 1 aromatic rings. The number of nitrogens with one attached hydrogen (secondary N) is 1. The van der Waals surface area contributed by atoms with Crippen molar-refractivity contribution < 1.29 is 9.53 Å². The SMILES string of the molecule is CC(Oc1ccccc1Cl)C(=O)N1C2CCNCC1CC2.Cl. The number of halogens is 2. The van der Waals surface area contributed by atoms with Crippen LogP contribution in [0.5, 0.6) is 5.75 Å². The van der Waals surface area contributed by atoms with Gasteiger partial charge in [0, 0.05) is 18.6 Å². The third-order valence-electron chi connectivity index (χ3n) is 4.40. The summed E-state index contributed by atoms with van der Waals surface area (Å²) >= 11 is 6.09. The molecule has 0 spiro atoms. The van der Waals surface area contributed by atoms with Crippen LogP contribution in [0.3, 0.4) is 0 Å². The zero-order chi connectivity index (χ0) is 14.8. The third kappa shape index (κ3) is 3.50. The number of fused-ring (bicyclic) bond motifs is 2. The molecule has 1 amide bonds. The maximum atomic E-state index is 12.8. The Morgan fingerprint density at radius 2 is 2.05 bits per heavy atom. The maximum Gasteiger partial charge on any atom is 0.263 e.